The second-order valence-electron chi connectivity index (χ2n) is 6.65. The molecule has 0 aliphatic rings. The Kier molecular flexibility index (Phi) is 5.78. The third-order valence-electron chi connectivity index (χ3n) is 4.45. The Morgan fingerprint density at radius 3 is 2.47 bits per heavy atom. The van der Waals surface area contributed by atoms with Crippen LogP contribution in [0.15, 0.2) is 78.4 Å². The molecular formula is C22H15F3N4O2S. The maximum atomic E-state index is 13.2. The van der Waals surface area contributed by atoms with E-state index in [4.69, 9.17) is 0 Å². The molecule has 2 amide bonds. The molecule has 0 bridgehead atoms. The molecule has 2 heterocycles. The predicted molar refractivity (Wildman–Crippen MR) is 115 cm³/mol. The normalized spacial score (nSPS) is 11.2. The molecule has 0 atom stereocenters. The lowest BCUT2D eigenvalue weighted by Crippen LogP contribution is -2.16. The van der Waals surface area contributed by atoms with Crippen LogP contribution in [0.3, 0.4) is 0 Å². The maximum absolute atomic E-state index is 13.2. The molecule has 2 aromatic carbocycles. The van der Waals surface area contributed by atoms with Crippen molar-refractivity contribution in [2.24, 2.45) is 0 Å². The maximum Gasteiger partial charge on any atom is 0.416 e. The van der Waals surface area contributed by atoms with Gasteiger partial charge in [-0.15, -0.1) is 11.3 Å². The van der Waals surface area contributed by atoms with E-state index in [9.17, 15) is 22.8 Å². The largest absolute Gasteiger partial charge is 0.416 e. The van der Waals surface area contributed by atoms with Crippen LogP contribution in [-0.4, -0.2) is 21.6 Å². The van der Waals surface area contributed by atoms with Crippen LogP contribution in [0.1, 0.15) is 25.6 Å². The first kappa shape index (κ1) is 21.3. The Morgan fingerprint density at radius 1 is 0.938 bits per heavy atom. The fourth-order valence-electron chi connectivity index (χ4n) is 2.96. The van der Waals surface area contributed by atoms with Gasteiger partial charge in [0.2, 0.25) is 0 Å². The summed E-state index contributed by atoms with van der Waals surface area (Å²) in [6.07, 6.45) is -1.55. The number of halogens is 3. The minimum atomic E-state index is -4.58. The smallest absolute Gasteiger partial charge is 0.321 e. The highest BCUT2D eigenvalue weighted by atomic mass is 32.1. The predicted octanol–water partition coefficient (Wildman–Crippen LogP) is 5.46. The molecule has 4 rings (SSSR count). The Morgan fingerprint density at radius 2 is 1.78 bits per heavy atom. The number of anilines is 2. The number of aromatic nitrogens is 2. The molecule has 6 nitrogen and oxygen atoms in total. The highest BCUT2D eigenvalue weighted by molar-refractivity contribution is 7.12. The number of amides is 2. The van der Waals surface area contributed by atoms with Crippen LogP contribution in [0, 0.1) is 0 Å². The molecule has 10 heteroatoms. The van der Waals surface area contributed by atoms with Gasteiger partial charge in [-0.05, 0) is 53.9 Å². The Bertz CT molecular complexity index is 1250. The number of thiophene rings is 1. The molecule has 0 aliphatic heterocycles. The van der Waals surface area contributed by atoms with Crippen LogP contribution in [0.2, 0.25) is 0 Å². The van der Waals surface area contributed by atoms with Crippen LogP contribution in [0.4, 0.5) is 24.5 Å². The lowest BCUT2D eigenvalue weighted by Gasteiger charge is -2.15. The van der Waals surface area contributed by atoms with Crippen molar-refractivity contribution in [1.29, 1.82) is 0 Å². The van der Waals surface area contributed by atoms with Crippen LogP contribution in [0.25, 0.3) is 5.69 Å². The van der Waals surface area contributed by atoms with Gasteiger partial charge in [-0.1, -0.05) is 12.1 Å². The van der Waals surface area contributed by atoms with Crippen molar-refractivity contribution >= 4 is 34.5 Å². The van der Waals surface area contributed by atoms with E-state index >= 15 is 0 Å². The van der Waals surface area contributed by atoms with Crippen molar-refractivity contribution in [3.8, 4) is 5.69 Å². The van der Waals surface area contributed by atoms with E-state index in [0.29, 0.717) is 10.6 Å². The number of benzene rings is 2. The second-order valence-corrected chi connectivity index (χ2v) is 7.59. The molecule has 32 heavy (non-hydrogen) atoms. The molecule has 0 fully saturated rings. The standard InChI is InChI=1S/C22H15F3N4O2S/c23-22(24,25)15-7-8-18(29-10-3-9-26-29)17(13-15)28-20(30)14-4-1-5-16(12-14)27-21(31)19-6-2-11-32-19/h1-13H,(H,27,31)(H,28,30). The van der Waals surface area contributed by atoms with E-state index in [1.54, 1.807) is 41.9 Å². The average Bonchev–Trinajstić information content (AvgIpc) is 3.47. The summed E-state index contributed by atoms with van der Waals surface area (Å²) in [5, 5.41) is 11.0. The molecular weight excluding hydrogens is 441 g/mol. The topological polar surface area (TPSA) is 76.0 Å². The summed E-state index contributed by atoms with van der Waals surface area (Å²) in [6.45, 7) is 0. The van der Waals surface area contributed by atoms with Crippen LogP contribution in [0.5, 0.6) is 0 Å². The van der Waals surface area contributed by atoms with E-state index in [-0.39, 0.29) is 22.8 Å². The van der Waals surface area contributed by atoms with Gasteiger partial charge in [-0.3, -0.25) is 9.59 Å². The van der Waals surface area contributed by atoms with Gasteiger partial charge < -0.3 is 10.6 Å². The number of rotatable bonds is 5. The first-order valence-electron chi connectivity index (χ1n) is 9.29. The zero-order valence-corrected chi connectivity index (χ0v) is 17.1. The van der Waals surface area contributed by atoms with Crippen molar-refractivity contribution < 1.29 is 22.8 Å². The molecule has 162 valence electrons. The second kappa shape index (κ2) is 8.67. The highest BCUT2D eigenvalue weighted by Crippen LogP contribution is 2.33. The van der Waals surface area contributed by atoms with E-state index in [1.807, 2.05) is 0 Å². The summed E-state index contributed by atoms with van der Waals surface area (Å²) in [5.74, 6) is -0.957. The highest BCUT2D eigenvalue weighted by Gasteiger charge is 2.31. The Balaban J connectivity index is 1.60. The summed E-state index contributed by atoms with van der Waals surface area (Å²) < 4.78 is 41.0. The van der Waals surface area contributed by atoms with Crippen molar-refractivity contribution in [1.82, 2.24) is 9.78 Å². The fourth-order valence-corrected chi connectivity index (χ4v) is 3.58. The van der Waals surface area contributed by atoms with Gasteiger partial charge in [0.1, 0.15) is 0 Å². The van der Waals surface area contributed by atoms with Crippen LogP contribution >= 0.6 is 11.3 Å². The summed E-state index contributed by atoms with van der Waals surface area (Å²) >= 11 is 1.27. The summed E-state index contributed by atoms with van der Waals surface area (Å²) in [7, 11) is 0. The fraction of sp³-hybridized carbons (Fsp3) is 0.0455. The zero-order chi connectivity index (χ0) is 22.7. The monoisotopic (exact) mass is 456 g/mol. The number of nitrogens with one attached hydrogen (secondary N) is 2. The molecule has 4 aromatic rings. The molecule has 0 unspecified atom stereocenters. The van der Waals surface area contributed by atoms with Gasteiger partial charge in [0, 0.05) is 23.6 Å². The third kappa shape index (κ3) is 4.70. The van der Waals surface area contributed by atoms with Crippen molar-refractivity contribution in [2.45, 2.75) is 6.18 Å². The number of hydrogen-bond donors (Lipinski definition) is 2. The number of carbonyl (C=O) groups excluding carboxylic acids is 2. The molecule has 2 aromatic heterocycles. The van der Waals surface area contributed by atoms with E-state index in [2.05, 4.69) is 15.7 Å². The molecule has 0 saturated heterocycles. The van der Waals surface area contributed by atoms with Gasteiger partial charge in [0.05, 0.1) is 21.8 Å². The summed E-state index contributed by atoms with van der Waals surface area (Å²) in [6, 6.07) is 14.2. The van der Waals surface area contributed by atoms with Crippen LogP contribution < -0.4 is 10.6 Å². The van der Waals surface area contributed by atoms with E-state index in [1.165, 1.54) is 40.4 Å². The van der Waals surface area contributed by atoms with Gasteiger partial charge in [-0.2, -0.15) is 18.3 Å². The SMILES string of the molecule is O=C(Nc1cc(C(F)(F)F)ccc1-n1cccn1)c1cccc(NC(=O)c2cccs2)c1. The number of carbonyl (C=O) groups is 2. The number of hydrogen-bond acceptors (Lipinski definition) is 4. The minimum absolute atomic E-state index is 0.0541. The summed E-state index contributed by atoms with van der Waals surface area (Å²) in [5.41, 5.74) is -0.133. The zero-order valence-electron chi connectivity index (χ0n) is 16.3. The van der Waals surface area contributed by atoms with Crippen molar-refractivity contribution in [3.63, 3.8) is 0 Å². The lowest BCUT2D eigenvalue weighted by molar-refractivity contribution is -0.137. The summed E-state index contributed by atoms with van der Waals surface area (Å²) in [4.78, 5) is 25.6. The van der Waals surface area contributed by atoms with Gasteiger partial charge >= 0.3 is 6.18 Å². The number of nitrogens with zero attached hydrogens (tertiary/aromatic N) is 2. The molecule has 0 radical (unpaired) electrons. The third-order valence-corrected chi connectivity index (χ3v) is 5.32. The first-order chi connectivity index (χ1) is 15.3. The molecule has 2 N–H and O–H groups in total. The molecule has 0 saturated carbocycles. The van der Waals surface area contributed by atoms with Crippen molar-refractivity contribution in [2.75, 3.05) is 10.6 Å². The molecule has 0 aliphatic carbocycles. The minimum Gasteiger partial charge on any atom is -0.321 e. The van der Waals surface area contributed by atoms with Gasteiger partial charge in [-0.25, -0.2) is 4.68 Å². The first-order valence-corrected chi connectivity index (χ1v) is 10.2. The Hall–Kier alpha value is -3.92. The van der Waals surface area contributed by atoms with Gasteiger partial charge in [0.15, 0.2) is 0 Å². The average molecular weight is 456 g/mol. The van der Waals surface area contributed by atoms with E-state index in [0.717, 1.165) is 12.1 Å². The van der Waals surface area contributed by atoms with Gasteiger partial charge in [0.25, 0.3) is 11.8 Å². The van der Waals surface area contributed by atoms with Crippen molar-refractivity contribution in [3.05, 3.63) is 94.4 Å². The quantitative estimate of drug-likeness (QED) is 0.419. The van der Waals surface area contributed by atoms with E-state index < -0.39 is 17.6 Å². The van der Waals surface area contributed by atoms with Crippen LogP contribution in [-0.2, 0) is 6.18 Å². The number of alkyl halides is 3. The molecule has 0 spiro atoms. The Labute approximate surface area is 184 Å². The lowest BCUT2D eigenvalue weighted by atomic mass is 10.1.